The monoisotopic (exact) mass is 236 g/mol. The summed E-state index contributed by atoms with van der Waals surface area (Å²) >= 11 is 1.75. The summed E-state index contributed by atoms with van der Waals surface area (Å²) in [5.41, 5.74) is 0.416. The highest BCUT2D eigenvalue weighted by Gasteiger charge is 2.52. The predicted molar refractivity (Wildman–Crippen MR) is 66.0 cm³/mol. The Bertz CT molecular complexity index is 408. The van der Waals surface area contributed by atoms with Gasteiger partial charge in [0.15, 0.2) is 0 Å². The van der Waals surface area contributed by atoms with E-state index in [0.29, 0.717) is 5.25 Å². The van der Waals surface area contributed by atoms with Gasteiger partial charge in [0.25, 0.3) is 0 Å². The molecule has 0 radical (unpaired) electrons. The average Bonchev–Trinajstić information content (AvgIpc) is 2.98. The van der Waals surface area contributed by atoms with E-state index in [-0.39, 0.29) is 0 Å². The van der Waals surface area contributed by atoms with Crippen molar-refractivity contribution in [1.29, 1.82) is 0 Å². The van der Waals surface area contributed by atoms with Crippen LogP contribution < -0.4 is 0 Å². The van der Waals surface area contributed by atoms with Gasteiger partial charge >= 0.3 is 5.97 Å². The highest BCUT2D eigenvalue weighted by molar-refractivity contribution is 8.00. The molecular weight excluding hydrogens is 220 g/mol. The smallest absolute Gasteiger partial charge is 0.314 e. The molecular formula is C13H16O2S. The second-order valence-electron chi connectivity index (χ2n) is 4.55. The molecule has 0 heterocycles. The summed E-state index contributed by atoms with van der Waals surface area (Å²) < 4.78 is 0. The fourth-order valence-electron chi connectivity index (χ4n) is 1.94. The van der Waals surface area contributed by atoms with Crippen LogP contribution in [0.2, 0.25) is 0 Å². The van der Waals surface area contributed by atoms with Gasteiger partial charge in [-0.2, -0.15) is 0 Å². The van der Waals surface area contributed by atoms with Gasteiger partial charge in [-0.05, 0) is 24.5 Å². The maximum absolute atomic E-state index is 11.3. The Morgan fingerprint density at radius 3 is 2.50 bits per heavy atom. The lowest BCUT2D eigenvalue weighted by atomic mass is 9.96. The normalized spacial score (nSPS) is 17.4. The van der Waals surface area contributed by atoms with Crippen molar-refractivity contribution in [2.75, 3.05) is 0 Å². The molecule has 3 heteroatoms. The Labute approximate surface area is 100 Å². The van der Waals surface area contributed by atoms with E-state index in [1.807, 2.05) is 24.3 Å². The quantitative estimate of drug-likeness (QED) is 0.815. The summed E-state index contributed by atoms with van der Waals surface area (Å²) in [4.78, 5) is 12.4. The average molecular weight is 236 g/mol. The van der Waals surface area contributed by atoms with E-state index in [1.54, 1.807) is 11.8 Å². The zero-order valence-electron chi connectivity index (χ0n) is 9.56. The summed E-state index contributed by atoms with van der Waals surface area (Å²) in [5, 5.41) is 9.78. The van der Waals surface area contributed by atoms with Crippen LogP contribution >= 0.6 is 11.8 Å². The van der Waals surface area contributed by atoms with Crippen LogP contribution in [0.15, 0.2) is 29.2 Å². The standard InChI is InChI=1S/C13H16O2S/c1-9(2)16-11-6-4-3-5-10(11)13(7-8-13)12(14)15/h3-6,9H,7-8H2,1-2H3,(H,14,15). The molecule has 0 bridgehead atoms. The number of thioether (sulfide) groups is 1. The number of hydrogen-bond acceptors (Lipinski definition) is 2. The minimum absolute atomic E-state index is 0.478. The van der Waals surface area contributed by atoms with Crippen molar-refractivity contribution in [2.45, 2.75) is 42.2 Å². The Morgan fingerprint density at radius 1 is 1.38 bits per heavy atom. The van der Waals surface area contributed by atoms with Gasteiger partial charge < -0.3 is 5.11 Å². The van der Waals surface area contributed by atoms with Crippen LogP contribution in [0.1, 0.15) is 32.3 Å². The van der Waals surface area contributed by atoms with Crippen LogP contribution in [-0.4, -0.2) is 16.3 Å². The molecule has 0 atom stereocenters. The molecule has 1 aliphatic carbocycles. The number of hydrogen-bond donors (Lipinski definition) is 1. The molecule has 1 saturated carbocycles. The van der Waals surface area contributed by atoms with Gasteiger partial charge in [0, 0.05) is 10.1 Å². The number of benzene rings is 1. The van der Waals surface area contributed by atoms with Crippen molar-refractivity contribution < 1.29 is 9.90 Å². The van der Waals surface area contributed by atoms with Crippen LogP contribution in [0.3, 0.4) is 0 Å². The molecule has 2 nitrogen and oxygen atoms in total. The van der Waals surface area contributed by atoms with E-state index in [4.69, 9.17) is 0 Å². The maximum atomic E-state index is 11.3. The van der Waals surface area contributed by atoms with Crippen LogP contribution in [0.5, 0.6) is 0 Å². The molecule has 0 amide bonds. The molecule has 0 aliphatic heterocycles. The second kappa shape index (κ2) is 4.13. The highest BCUT2D eigenvalue weighted by atomic mass is 32.2. The molecule has 1 N–H and O–H groups in total. The second-order valence-corrected chi connectivity index (χ2v) is 6.17. The van der Waals surface area contributed by atoms with Crippen molar-refractivity contribution in [3.8, 4) is 0 Å². The first-order valence-electron chi connectivity index (χ1n) is 5.56. The summed E-state index contributed by atoms with van der Waals surface area (Å²) in [6.45, 7) is 4.25. The fourth-order valence-corrected chi connectivity index (χ4v) is 3.00. The van der Waals surface area contributed by atoms with Crippen molar-refractivity contribution in [3.05, 3.63) is 29.8 Å². The Morgan fingerprint density at radius 2 is 2.00 bits per heavy atom. The molecule has 16 heavy (non-hydrogen) atoms. The van der Waals surface area contributed by atoms with E-state index < -0.39 is 11.4 Å². The molecule has 0 spiro atoms. The minimum atomic E-state index is -0.677. The summed E-state index contributed by atoms with van der Waals surface area (Å²) in [6, 6.07) is 7.91. The molecule has 86 valence electrons. The molecule has 0 unspecified atom stereocenters. The van der Waals surface area contributed by atoms with Crippen molar-refractivity contribution >= 4 is 17.7 Å². The van der Waals surface area contributed by atoms with Gasteiger partial charge in [0.1, 0.15) is 0 Å². The number of carboxylic acid groups (broad SMARTS) is 1. The van der Waals surface area contributed by atoms with E-state index in [2.05, 4.69) is 13.8 Å². The zero-order valence-corrected chi connectivity index (χ0v) is 10.4. The van der Waals surface area contributed by atoms with Crippen LogP contribution in [0.4, 0.5) is 0 Å². The SMILES string of the molecule is CC(C)Sc1ccccc1C1(C(=O)O)CC1. The van der Waals surface area contributed by atoms with Gasteiger partial charge in [-0.25, -0.2) is 0 Å². The molecule has 1 aliphatic rings. The first kappa shape index (κ1) is 11.5. The molecule has 0 saturated heterocycles. The Kier molecular flexibility index (Phi) is 2.98. The lowest BCUT2D eigenvalue weighted by molar-refractivity contribution is -0.140. The van der Waals surface area contributed by atoms with Crippen molar-refractivity contribution in [1.82, 2.24) is 0 Å². The van der Waals surface area contributed by atoms with Gasteiger partial charge in [0.2, 0.25) is 0 Å². The minimum Gasteiger partial charge on any atom is -0.481 e. The summed E-state index contributed by atoms with van der Waals surface area (Å²) in [5.74, 6) is -0.677. The van der Waals surface area contributed by atoms with E-state index in [9.17, 15) is 9.90 Å². The lowest BCUT2D eigenvalue weighted by Crippen LogP contribution is -2.20. The third-order valence-electron chi connectivity index (χ3n) is 2.92. The molecule has 1 fully saturated rings. The van der Waals surface area contributed by atoms with Gasteiger partial charge in [-0.3, -0.25) is 4.79 Å². The largest absolute Gasteiger partial charge is 0.481 e. The molecule has 1 aromatic carbocycles. The van der Waals surface area contributed by atoms with E-state index >= 15 is 0 Å². The lowest BCUT2D eigenvalue weighted by Gasteiger charge is -2.16. The number of rotatable bonds is 4. The number of carbonyl (C=O) groups is 1. The maximum Gasteiger partial charge on any atom is 0.314 e. The third kappa shape index (κ3) is 1.96. The van der Waals surface area contributed by atoms with Gasteiger partial charge in [0.05, 0.1) is 5.41 Å². The first-order valence-corrected chi connectivity index (χ1v) is 6.44. The van der Waals surface area contributed by atoms with E-state index in [1.165, 1.54) is 0 Å². The third-order valence-corrected chi connectivity index (χ3v) is 4.01. The number of carboxylic acids is 1. The van der Waals surface area contributed by atoms with Crippen LogP contribution in [0, 0.1) is 0 Å². The van der Waals surface area contributed by atoms with Crippen molar-refractivity contribution in [2.24, 2.45) is 0 Å². The van der Waals surface area contributed by atoms with E-state index in [0.717, 1.165) is 23.3 Å². The topological polar surface area (TPSA) is 37.3 Å². The van der Waals surface area contributed by atoms with Gasteiger partial charge in [-0.15, -0.1) is 11.8 Å². The van der Waals surface area contributed by atoms with Gasteiger partial charge in [-0.1, -0.05) is 32.0 Å². The number of aliphatic carboxylic acids is 1. The molecule has 1 aromatic rings. The fraction of sp³-hybridized carbons (Fsp3) is 0.462. The van der Waals surface area contributed by atoms with Crippen molar-refractivity contribution in [3.63, 3.8) is 0 Å². The summed E-state index contributed by atoms with van der Waals surface area (Å²) in [7, 11) is 0. The first-order chi connectivity index (χ1) is 7.56. The Hall–Kier alpha value is -0.960. The molecule has 0 aromatic heterocycles. The zero-order chi connectivity index (χ0) is 11.8. The summed E-state index contributed by atoms with van der Waals surface area (Å²) in [6.07, 6.45) is 1.55. The van der Waals surface area contributed by atoms with Crippen LogP contribution in [0.25, 0.3) is 0 Å². The van der Waals surface area contributed by atoms with Crippen LogP contribution in [-0.2, 0) is 10.2 Å². The predicted octanol–water partition coefficient (Wildman–Crippen LogP) is 3.30. The molecule has 2 rings (SSSR count). The highest BCUT2D eigenvalue weighted by Crippen LogP contribution is 2.51. The Balaban J connectivity index is 2.37.